The average molecular weight is 457 g/mol. The summed E-state index contributed by atoms with van der Waals surface area (Å²) in [4.78, 5) is 16.9. The summed E-state index contributed by atoms with van der Waals surface area (Å²) in [6.45, 7) is 0. The predicted molar refractivity (Wildman–Crippen MR) is 126 cm³/mol. The molecule has 0 aliphatic rings. The lowest BCUT2D eigenvalue weighted by molar-refractivity contribution is 0.563. The van der Waals surface area contributed by atoms with Crippen molar-refractivity contribution in [2.24, 2.45) is 0 Å². The van der Waals surface area contributed by atoms with E-state index < -0.39 is 5.63 Å². The van der Waals surface area contributed by atoms with Gasteiger partial charge in [0.15, 0.2) is 0 Å². The minimum absolute atomic E-state index is 0.337. The lowest BCUT2D eigenvalue weighted by Crippen LogP contribution is -2.02. The summed E-state index contributed by atoms with van der Waals surface area (Å²) < 4.78 is 11.3. The number of hydrogen-bond acceptors (Lipinski definition) is 6. The molecule has 0 unspecified atom stereocenters. The number of rotatable bonds is 4. The Morgan fingerprint density at radius 2 is 1.88 bits per heavy atom. The van der Waals surface area contributed by atoms with E-state index in [9.17, 15) is 10.1 Å². The number of allylic oxidation sites excluding steroid dienone is 1. The fourth-order valence-corrected chi connectivity index (χ4v) is 4.16. The van der Waals surface area contributed by atoms with Crippen LogP contribution in [0.4, 0.5) is 0 Å². The predicted octanol–water partition coefficient (Wildman–Crippen LogP) is 6.89. The molecule has 0 atom stereocenters. The van der Waals surface area contributed by atoms with E-state index in [2.05, 4.69) is 11.1 Å². The molecule has 0 saturated carbocycles. The molecular weight excluding hydrogens is 444 g/mol. The number of benzene rings is 2. The summed E-state index contributed by atoms with van der Waals surface area (Å²) in [5.74, 6) is 1.19. The number of nitriles is 1. The Morgan fingerprint density at radius 3 is 2.69 bits per heavy atom. The quantitative estimate of drug-likeness (QED) is 0.217. The fourth-order valence-electron chi connectivity index (χ4n) is 3.25. The van der Waals surface area contributed by atoms with Crippen LogP contribution in [0, 0.1) is 11.3 Å². The molecule has 32 heavy (non-hydrogen) atoms. The maximum Gasteiger partial charge on any atom is 0.345 e. The molecule has 0 N–H and O–H groups in total. The lowest BCUT2D eigenvalue weighted by Gasteiger charge is -1.99. The molecule has 7 heteroatoms. The van der Waals surface area contributed by atoms with Crippen molar-refractivity contribution in [3.05, 3.63) is 98.3 Å². The van der Waals surface area contributed by atoms with E-state index in [-0.39, 0.29) is 0 Å². The third-order valence-corrected chi connectivity index (χ3v) is 5.94. The third-order valence-electron chi connectivity index (χ3n) is 4.81. The summed E-state index contributed by atoms with van der Waals surface area (Å²) >= 11 is 7.21. The first-order valence-corrected chi connectivity index (χ1v) is 10.8. The minimum atomic E-state index is -0.471. The van der Waals surface area contributed by atoms with Gasteiger partial charge in [0.25, 0.3) is 0 Å². The average Bonchev–Trinajstić information content (AvgIpc) is 3.47. The molecule has 0 bridgehead atoms. The lowest BCUT2D eigenvalue weighted by atomic mass is 10.1. The summed E-state index contributed by atoms with van der Waals surface area (Å²) in [6.07, 6.45) is 1.63. The smallest absolute Gasteiger partial charge is 0.345 e. The largest absolute Gasteiger partial charge is 0.457 e. The number of para-hydroxylation sites is 1. The molecule has 0 saturated heterocycles. The van der Waals surface area contributed by atoms with Gasteiger partial charge in [-0.2, -0.15) is 5.26 Å². The van der Waals surface area contributed by atoms with Crippen molar-refractivity contribution in [3.63, 3.8) is 0 Å². The Morgan fingerprint density at radius 1 is 1.06 bits per heavy atom. The zero-order valence-corrected chi connectivity index (χ0v) is 18.0. The van der Waals surface area contributed by atoms with Crippen molar-refractivity contribution in [1.29, 1.82) is 5.26 Å². The first-order valence-electron chi connectivity index (χ1n) is 9.57. The highest BCUT2D eigenvalue weighted by Crippen LogP contribution is 2.29. The molecular formula is C25H13ClN2O3S. The van der Waals surface area contributed by atoms with Crippen molar-refractivity contribution in [1.82, 2.24) is 4.98 Å². The molecule has 0 aliphatic carbocycles. The van der Waals surface area contributed by atoms with Crippen molar-refractivity contribution in [2.75, 3.05) is 0 Å². The Hall–Kier alpha value is -3.92. The molecule has 2 aromatic carbocycles. The summed E-state index contributed by atoms with van der Waals surface area (Å²) in [7, 11) is 0. The van der Waals surface area contributed by atoms with E-state index in [0.29, 0.717) is 44.0 Å². The normalized spacial score (nSPS) is 11.6. The van der Waals surface area contributed by atoms with Crippen LogP contribution in [0.25, 0.3) is 45.2 Å². The molecule has 5 rings (SSSR count). The molecule has 154 valence electrons. The van der Waals surface area contributed by atoms with Crippen LogP contribution in [0.1, 0.15) is 10.8 Å². The molecule has 0 aliphatic heterocycles. The Bertz CT molecular complexity index is 1570. The van der Waals surface area contributed by atoms with Crippen LogP contribution in [-0.4, -0.2) is 4.98 Å². The molecule has 5 nitrogen and oxygen atoms in total. The number of nitrogens with zero attached hydrogens (tertiary/aromatic N) is 2. The van der Waals surface area contributed by atoms with Gasteiger partial charge in [-0.05, 0) is 48.5 Å². The highest BCUT2D eigenvalue weighted by Gasteiger charge is 2.14. The highest BCUT2D eigenvalue weighted by atomic mass is 35.5. The van der Waals surface area contributed by atoms with Crippen LogP contribution in [0.3, 0.4) is 0 Å². The van der Waals surface area contributed by atoms with E-state index in [1.54, 1.807) is 41.8 Å². The Kier molecular flexibility index (Phi) is 5.20. The van der Waals surface area contributed by atoms with Gasteiger partial charge >= 0.3 is 5.63 Å². The molecule has 5 aromatic rings. The molecule has 0 spiro atoms. The zero-order chi connectivity index (χ0) is 22.1. The maximum atomic E-state index is 12.4. The number of thiazole rings is 1. The zero-order valence-electron chi connectivity index (χ0n) is 16.4. The Labute approximate surface area is 191 Å². The van der Waals surface area contributed by atoms with Gasteiger partial charge in [0, 0.05) is 27.4 Å². The van der Waals surface area contributed by atoms with E-state index in [0.717, 1.165) is 10.9 Å². The van der Waals surface area contributed by atoms with Gasteiger partial charge in [-0.25, -0.2) is 9.78 Å². The molecule has 0 amide bonds. The molecule has 3 heterocycles. The third kappa shape index (κ3) is 3.87. The van der Waals surface area contributed by atoms with Crippen LogP contribution in [0.15, 0.2) is 85.7 Å². The summed E-state index contributed by atoms with van der Waals surface area (Å²) in [5, 5.41) is 13.4. The number of furan rings is 1. The van der Waals surface area contributed by atoms with E-state index in [1.807, 2.05) is 36.4 Å². The summed E-state index contributed by atoms with van der Waals surface area (Å²) in [5.41, 5.74) is 2.08. The van der Waals surface area contributed by atoms with Crippen LogP contribution >= 0.6 is 22.9 Å². The van der Waals surface area contributed by atoms with E-state index in [4.69, 9.17) is 20.4 Å². The molecule has 3 aromatic heterocycles. The first kappa shape index (κ1) is 20.0. The standard InChI is InChI=1S/C25H13ClN2O3S/c26-18-7-5-15(6-8-18)23-10-9-19(30-23)11-17(13-27)24-28-21(14-32-24)20-12-16-3-1-2-4-22(16)31-25(20)29/h1-12,14H. The second-order valence-corrected chi connectivity index (χ2v) is 8.20. The van der Waals surface area contributed by atoms with Crippen LogP contribution in [0.2, 0.25) is 5.02 Å². The summed E-state index contributed by atoms with van der Waals surface area (Å²) in [6, 6.07) is 22.1. The van der Waals surface area contributed by atoms with Gasteiger partial charge in [0.1, 0.15) is 28.2 Å². The number of hydrogen-bond donors (Lipinski definition) is 0. The Balaban J connectivity index is 1.47. The fraction of sp³-hybridized carbons (Fsp3) is 0. The number of halogens is 1. The van der Waals surface area contributed by atoms with Gasteiger partial charge in [0.05, 0.1) is 16.8 Å². The van der Waals surface area contributed by atoms with E-state index in [1.165, 1.54) is 11.3 Å². The van der Waals surface area contributed by atoms with Crippen LogP contribution < -0.4 is 5.63 Å². The van der Waals surface area contributed by atoms with Gasteiger partial charge < -0.3 is 8.83 Å². The van der Waals surface area contributed by atoms with Crippen LogP contribution in [0.5, 0.6) is 0 Å². The van der Waals surface area contributed by atoms with Crippen molar-refractivity contribution in [3.8, 4) is 28.7 Å². The topological polar surface area (TPSA) is 80.0 Å². The first-order chi connectivity index (χ1) is 15.6. The van der Waals surface area contributed by atoms with Gasteiger partial charge in [-0.1, -0.05) is 29.8 Å². The number of fused-ring (bicyclic) bond motifs is 1. The van der Waals surface area contributed by atoms with Crippen molar-refractivity contribution >= 4 is 45.6 Å². The van der Waals surface area contributed by atoms with E-state index >= 15 is 0 Å². The van der Waals surface area contributed by atoms with Gasteiger partial charge in [0.2, 0.25) is 0 Å². The molecule has 0 radical (unpaired) electrons. The monoisotopic (exact) mass is 456 g/mol. The second kappa shape index (κ2) is 8.31. The highest BCUT2D eigenvalue weighted by molar-refractivity contribution is 7.11. The van der Waals surface area contributed by atoms with Crippen molar-refractivity contribution < 1.29 is 8.83 Å². The van der Waals surface area contributed by atoms with Gasteiger partial charge in [-0.3, -0.25) is 0 Å². The molecule has 0 fully saturated rings. The SMILES string of the molecule is N#CC(=Cc1ccc(-c2ccc(Cl)cc2)o1)c1nc(-c2cc3ccccc3oc2=O)cs1. The minimum Gasteiger partial charge on any atom is -0.457 e. The van der Waals surface area contributed by atoms with Gasteiger partial charge in [-0.15, -0.1) is 11.3 Å². The maximum absolute atomic E-state index is 12.4. The van der Waals surface area contributed by atoms with Crippen LogP contribution in [-0.2, 0) is 0 Å². The van der Waals surface area contributed by atoms with Crippen molar-refractivity contribution in [2.45, 2.75) is 0 Å². The second-order valence-electron chi connectivity index (χ2n) is 6.90. The number of aromatic nitrogens is 1.